The topological polar surface area (TPSA) is 0 Å². The van der Waals surface area contributed by atoms with Crippen molar-refractivity contribution in [2.45, 2.75) is 60.8 Å². The van der Waals surface area contributed by atoms with Gasteiger partial charge in [-0.05, 0) is 23.7 Å². The van der Waals surface area contributed by atoms with Crippen molar-refractivity contribution in [1.82, 2.24) is 0 Å². The number of rotatable bonds is 5. The molecule has 0 aromatic rings. The molecule has 0 saturated heterocycles. The maximum Gasteiger partial charge on any atom is 0.0787 e. The van der Waals surface area contributed by atoms with Gasteiger partial charge in [-0.1, -0.05) is 41.5 Å². The summed E-state index contributed by atoms with van der Waals surface area (Å²) in [4.78, 5) is 0. The molecular weight excluding hydrogens is 194 g/mol. The van der Waals surface area contributed by atoms with Gasteiger partial charge in [-0.15, -0.1) is 0 Å². The van der Waals surface area contributed by atoms with E-state index in [4.69, 9.17) is 0 Å². The largest absolute Gasteiger partial charge is 0.328 e. The molecule has 0 saturated carbocycles. The highest BCUT2D eigenvalue weighted by Gasteiger charge is 2.20. The molecule has 16 heavy (non-hydrogen) atoms. The fraction of sp³-hybridized carbons (Fsp3) is 1.00. The summed E-state index contributed by atoms with van der Waals surface area (Å²) in [6.07, 6.45) is 4.00. The Bertz CT molecular complexity index is 190. The predicted molar refractivity (Wildman–Crippen MR) is 74.6 cm³/mol. The Kier molecular flexibility index (Phi) is 5.52. The van der Waals surface area contributed by atoms with E-state index in [1.807, 2.05) is 0 Å². The second-order valence-corrected chi connectivity index (χ2v) is 8.36. The zero-order valence-corrected chi connectivity index (χ0v) is 13.0. The Morgan fingerprint density at radius 3 is 1.50 bits per heavy atom. The lowest BCUT2D eigenvalue weighted by Gasteiger charge is -2.33. The fourth-order valence-corrected chi connectivity index (χ4v) is 1.79. The van der Waals surface area contributed by atoms with Crippen LogP contribution in [0.2, 0.25) is 0 Å². The average molecular weight is 228 g/mol. The van der Waals surface area contributed by atoms with Crippen LogP contribution in [0.3, 0.4) is 0 Å². The van der Waals surface area contributed by atoms with Gasteiger partial charge in [0.25, 0.3) is 0 Å². The van der Waals surface area contributed by atoms with Crippen molar-refractivity contribution >= 4 is 0 Å². The van der Waals surface area contributed by atoms with E-state index in [9.17, 15) is 0 Å². The highest BCUT2D eigenvalue weighted by molar-refractivity contribution is 4.62. The molecule has 0 aromatic heterocycles. The lowest BCUT2D eigenvalue weighted by atomic mass is 9.90. The van der Waals surface area contributed by atoms with Gasteiger partial charge < -0.3 is 4.48 Å². The van der Waals surface area contributed by atoms with Crippen LogP contribution in [0, 0.1) is 10.8 Å². The minimum atomic E-state index is 0.472. The van der Waals surface area contributed by atoms with E-state index in [2.05, 4.69) is 55.6 Å². The van der Waals surface area contributed by atoms with Gasteiger partial charge in [-0.25, -0.2) is 0 Å². The monoisotopic (exact) mass is 228 g/mol. The Morgan fingerprint density at radius 2 is 1.12 bits per heavy atom. The highest BCUT2D eigenvalue weighted by atomic mass is 15.3. The van der Waals surface area contributed by atoms with Crippen LogP contribution in [0.5, 0.6) is 0 Å². The first-order valence-corrected chi connectivity index (χ1v) is 6.73. The minimum Gasteiger partial charge on any atom is -0.328 e. The molecule has 0 rings (SSSR count). The van der Waals surface area contributed by atoms with Crippen LogP contribution in [-0.4, -0.2) is 31.7 Å². The number of hydrogen-bond donors (Lipinski definition) is 0. The van der Waals surface area contributed by atoms with Crippen LogP contribution >= 0.6 is 0 Å². The molecule has 0 spiro atoms. The minimum absolute atomic E-state index is 0.472. The summed E-state index contributed by atoms with van der Waals surface area (Å²) < 4.78 is 1.17. The maximum atomic E-state index is 2.37. The van der Waals surface area contributed by atoms with E-state index >= 15 is 0 Å². The lowest BCUT2D eigenvalue weighted by Crippen LogP contribution is -2.42. The Labute approximate surface area is 104 Å². The first-order chi connectivity index (χ1) is 6.91. The molecule has 0 N–H and O–H groups in total. The van der Waals surface area contributed by atoms with Crippen LogP contribution in [0.1, 0.15) is 60.8 Å². The lowest BCUT2D eigenvalue weighted by molar-refractivity contribution is -0.891. The summed E-state index contributed by atoms with van der Waals surface area (Å²) in [6, 6.07) is 0. The van der Waals surface area contributed by atoms with Crippen molar-refractivity contribution in [3.8, 4) is 0 Å². The molecule has 0 bridgehead atoms. The summed E-state index contributed by atoms with van der Waals surface area (Å²) in [6.45, 7) is 16.6. The number of nitrogens with zero attached hydrogens (tertiary/aromatic N) is 1. The molecule has 98 valence electrons. The van der Waals surface area contributed by atoms with Gasteiger partial charge in [0.05, 0.1) is 27.2 Å². The van der Waals surface area contributed by atoms with Crippen molar-refractivity contribution in [2.75, 3.05) is 27.2 Å². The third-order valence-corrected chi connectivity index (χ3v) is 3.16. The zero-order chi connectivity index (χ0) is 13.0. The molecule has 1 heteroatoms. The third-order valence-electron chi connectivity index (χ3n) is 3.16. The molecule has 1 nitrogen and oxygen atoms in total. The predicted octanol–water partition coefficient (Wildman–Crippen LogP) is 4.33. The summed E-state index contributed by atoms with van der Waals surface area (Å²) in [7, 11) is 4.74. The third kappa shape index (κ3) is 10.5. The molecule has 0 aliphatic heterocycles. The van der Waals surface area contributed by atoms with Gasteiger partial charge in [-0.3, -0.25) is 0 Å². The molecule has 0 atom stereocenters. The second-order valence-electron chi connectivity index (χ2n) is 8.36. The summed E-state index contributed by atoms with van der Waals surface area (Å²) in [5.41, 5.74) is 0.962. The number of hydrogen-bond acceptors (Lipinski definition) is 0. The van der Waals surface area contributed by atoms with E-state index in [0.717, 1.165) is 0 Å². The summed E-state index contributed by atoms with van der Waals surface area (Å²) in [5, 5.41) is 0. The molecule has 0 amide bonds. The van der Waals surface area contributed by atoms with Crippen molar-refractivity contribution in [3.63, 3.8) is 0 Å². The van der Waals surface area contributed by atoms with E-state index in [-0.39, 0.29) is 0 Å². The van der Waals surface area contributed by atoms with Gasteiger partial charge in [0.2, 0.25) is 0 Å². The first kappa shape index (κ1) is 16.0. The molecule has 0 radical (unpaired) electrons. The first-order valence-electron chi connectivity index (χ1n) is 6.73. The van der Waals surface area contributed by atoms with Gasteiger partial charge in [0.15, 0.2) is 0 Å². The molecule has 0 aliphatic carbocycles. The van der Waals surface area contributed by atoms with E-state index in [1.165, 1.54) is 36.8 Å². The molecule has 0 fully saturated rings. The normalized spacial score (nSPS) is 14.2. The van der Waals surface area contributed by atoms with E-state index < -0.39 is 0 Å². The number of quaternary nitrogens is 1. The van der Waals surface area contributed by atoms with Gasteiger partial charge in [0, 0.05) is 6.42 Å². The van der Waals surface area contributed by atoms with Gasteiger partial charge >= 0.3 is 0 Å². The Balaban J connectivity index is 3.88. The van der Waals surface area contributed by atoms with Crippen molar-refractivity contribution in [2.24, 2.45) is 10.8 Å². The molecule has 0 aromatic carbocycles. The second kappa shape index (κ2) is 5.53. The van der Waals surface area contributed by atoms with Crippen LogP contribution < -0.4 is 0 Å². The van der Waals surface area contributed by atoms with Crippen LogP contribution in [0.25, 0.3) is 0 Å². The van der Waals surface area contributed by atoms with Crippen molar-refractivity contribution < 1.29 is 4.48 Å². The van der Waals surface area contributed by atoms with Gasteiger partial charge in [-0.2, -0.15) is 0 Å². The molecule has 0 aliphatic rings. The summed E-state index contributed by atoms with van der Waals surface area (Å²) >= 11 is 0. The highest BCUT2D eigenvalue weighted by Crippen LogP contribution is 2.23. The van der Waals surface area contributed by atoms with E-state index in [0.29, 0.717) is 10.8 Å². The van der Waals surface area contributed by atoms with Crippen LogP contribution in [-0.2, 0) is 0 Å². The standard InChI is InChI=1S/C15H34N/c1-14(2,3)10-9-12-16(7,8)13-11-15(4,5)6/h9-13H2,1-8H3/q+1. The van der Waals surface area contributed by atoms with Crippen LogP contribution in [0.15, 0.2) is 0 Å². The quantitative estimate of drug-likeness (QED) is 0.615. The maximum absolute atomic E-state index is 2.37. The van der Waals surface area contributed by atoms with Crippen molar-refractivity contribution in [3.05, 3.63) is 0 Å². The fourth-order valence-electron chi connectivity index (χ4n) is 1.79. The average Bonchev–Trinajstić information content (AvgIpc) is 1.97. The molecular formula is C15H34N+. The molecule has 0 heterocycles. The SMILES string of the molecule is CC(C)(C)CCC[N+](C)(C)CCC(C)(C)C. The smallest absolute Gasteiger partial charge is 0.0787 e. The van der Waals surface area contributed by atoms with Crippen LogP contribution in [0.4, 0.5) is 0 Å². The summed E-state index contributed by atoms with van der Waals surface area (Å²) in [5.74, 6) is 0. The van der Waals surface area contributed by atoms with Gasteiger partial charge in [0.1, 0.15) is 0 Å². The molecule has 0 unspecified atom stereocenters. The zero-order valence-electron chi connectivity index (χ0n) is 13.0. The van der Waals surface area contributed by atoms with Crippen molar-refractivity contribution in [1.29, 1.82) is 0 Å². The Morgan fingerprint density at radius 1 is 0.688 bits per heavy atom. The van der Waals surface area contributed by atoms with E-state index in [1.54, 1.807) is 0 Å². The Hall–Kier alpha value is -0.0400.